The first-order chi connectivity index (χ1) is 6.75. The van der Waals surface area contributed by atoms with E-state index in [1.165, 1.54) is 5.56 Å². The molecule has 0 N–H and O–H groups in total. The van der Waals surface area contributed by atoms with Crippen LogP contribution in [0, 0.1) is 13.8 Å². The first kappa shape index (κ1) is 8.95. The SMILES string of the molecule is Cc1cc(C)[o+]c(-c2ccccc2)c1. The molecule has 70 valence electrons. The van der Waals surface area contributed by atoms with Crippen LogP contribution in [0.4, 0.5) is 0 Å². The number of aryl methyl sites for hydroxylation is 2. The molecule has 0 aliphatic carbocycles. The smallest absolute Gasteiger partial charge is 0.213 e. The van der Waals surface area contributed by atoms with Crippen molar-refractivity contribution in [3.63, 3.8) is 0 Å². The Balaban J connectivity index is 2.52. The average molecular weight is 185 g/mol. The molecule has 2 rings (SSSR count). The zero-order valence-corrected chi connectivity index (χ0v) is 8.45. The fourth-order valence-electron chi connectivity index (χ4n) is 1.55. The van der Waals surface area contributed by atoms with Crippen molar-refractivity contribution in [3.05, 3.63) is 53.8 Å². The Hall–Kier alpha value is -1.63. The number of benzene rings is 1. The van der Waals surface area contributed by atoms with Gasteiger partial charge < -0.3 is 0 Å². The van der Waals surface area contributed by atoms with E-state index in [9.17, 15) is 0 Å². The van der Waals surface area contributed by atoms with E-state index in [1.54, 1.807) is 0 Å². The maximum atomic E-state index is 5.64. The molecule has 1 aromatic carbocycles. The summed E-state index contributed by atoms with van der Waals surface area (Å²) in [6.07, 6.45) is 0. The van der Waals surface area contributed by atoms with E-state index in [2.05, 4.69) is 25.1 Å². The molecule has 0 aliphatic rings. The number of hydrogen-bond donors (Lipinski definition) is 0. The summed E-state index contributed by atoms with van der Waals surface area (Å²) in [5.74, 6) is 1.88. The van der Waals surface area contributed by atoms with Gasteiger partial charge in [0.05, 0.1) is 12.5 Å². The average Bonchev–Trinajstić information content (AvgIpc) is 2.18. The minimum atomic E-state index is 0.933. The summed E-state index contributed by atoms with van der Waals surface area (Å²) in [5, 5.41) is 0. The van der Waals surface area contributed by atoms with Gasteiger partial charge in [-0.3, -0.25) is 0 Å². The van der Waals surface area contributed by atoms with Crippen LogP contribution < -0.4 is 0 Å². The summed E-state index contributed by atoms with van der Waals surface area (Å²) in [6, 6.07) is 14.2. The Morgan fingerprint density at radius 1 is 0.929 bits per heavy atom. The Morgan fingerprint density at radius 3 is 2.29 bits per heavy atom. The third-order valence-corrected chi connectivity index (χ3v) is 2.12. The highest BCUT2D eigenvalue weighted by Gasteiger charge is 2.12. The monoisotopic (exact) mass is 185 g/mol. The molecule has 0 bridgehead atoms. The first-order valence-corrected chi connectivity index (χ1v) is 4.72. The highest BCUT2D eigenvalue weighted by molar-refractivity contribution is 5.57. The second-order valence-electron chi connectivity index (χ2n) is 3.48. The summed E-state index contributed by atoms with van der Waals surface area (Å²) in [5.41, 5.74) is 2.35. The van der Waals surface area contributed by atoms with Crippen molar-refractivity contribution in [2.24, 2.45) is 0 Å². The minimum Gasteiger partial charge on any atom is -0.213 e. The molecule has 14 heavy (non-hydrogen) atoms. The van der Waals surface area contributed by atoms with Gasteiger partial charge in [0.1, 0.15) is 0 Å². The molecular formula is C13H13O+. The Morgan fingerprint density at radius 2 is 1.64 bits per heavy atom. The van der Waals surface area contributed by atoms with Gasteiger partial charge in [-0.1, -0.05) is 18.2 Å². The van der Waals surface area contributed by atoms with Crippen LogP contribution in [0.2, 0.25) is 0 Å². The molecule has 0 unspecified atom stereocenters. The number of rotatable bonds is 1. The van der Waals surface area contributed by atoms with Gasteiger partial charge in [0.25, 0.3) is 0 Å². The van der Waals surface area contributed by atoms with Crippen molar-refractivity contribution in [1.29, 1.82) is 0 Å². The van der Waals surface area contributed by atoms with Crippen LogP contribution in [0.25, 0.3) is 11.3 Å². The summed E-state index contributed by atoms with van der Waals surface area (Å²) >= 11 is 0. The molecule has 1 heteroatoms. The van der Waals surface area contributed by atoms with Gasteiger partial charge in [-0.05, 0) is 24.6 Å². The van der Waals surface area contributed by atoms with E-state index in [1.807, 2.05) is 31.2 Å². The molecule has 0 saturated heterocycles. The van der Waals surface area contributed by atoms with Crippen molar-refractivity contribution in [3.8, 4) is 11.3 Å². The van der Waals surface area contributed by atoms with E-state index in [4.69, 9.17) is 4.42 Å². The van der Waals surface area contributed by atoms with Crippen LogP contribution in [0.5, 0.6) is 0 Å². The lowest BCUT2D eigenvalue weighted by Crippen LogP contribution is -1.81. The van der Waals surface area contributed by atoms with Gasteiger partial charge in [0.2, 0.25) is 0 Å². The normalized spacial score (nSPS) is 10.1. The summed E-state index contributed by atoms with van der Waals surface area (Å²) in [6.45, 7) is 4.05. The van der Waals surface area contributed by atoms with Gasteiger partial charge in [0, 0.05) is 12.1 Å². The van der Waals surface area contributed by atoms with Crippen molar-refractivity contribution in [1.82, 2.24) is 0 Å². The second kappa shape index (κ2) is 3.62. The predicted molar refractivity (Wildman–Crippen MR) is 58.0 cm³/mol. The van der Waals surface area contributed by atoms with Crippen LogP contribution in [0.1, 0.15) is 11.3 Å². The van der Waals surface area contributed by atoms with E-state index in [0.29, 0.717) is 0 Å². The Kier molecular flexibility index (Phi) is 2.32. The van der Waals surface area contributed by atoms with Gasteiger partial charge >= 0.3 is 11.5 Å². The largest absolute Gasteiger partial charge is 0.360 e. The molecule has 0 spiro atoms. The predicted octanol–water partition coefficient (Wildman–Crippen LogP) is 3.84. The second-order valence-corrected chi connectivity index (χ2v) is 3.48. The zero-order chi connectivity index (χ0) is 9.97. The van der Waals surface area contributed by atoms with Gasteiger partial charge in [-0.2, -0.15) is 0 Å². The molecule has 1 heterocycles. The third-order valence-electron chi connectivity index (χ3n) is 2.12. The number of hydrogen-bond acceptors (Lipinski definition) is 0. The van der Waals surface area contributed by atoms with Crippen LogP contribution >= 0.6 is 0 Å². The molecule has 1 nitrogen and oxygen atoms in total. The standard InChI is InChI=1S/C13H13O/c1-10-8-11(2)14-13(9-10)12-6-4-3-5-7-12/h3-9H,1-2H3/q+1. The molecule has 0 radical (unpaired) electrons. The maximum absolute atomic E-state index is 5.64. The summed E-state index contributed by atoms with van der Waals surface area (Å²) in [4.78, 5) is 0. The highest BCUT2D eigenvalue weighted by atomic mass is 16.3. The molecule has 2 aromatic rings. The Bertz CT molecular complexity index is 412. The van der Waals surface area contributed by atoms with Crippen LogP contribution in [0.15, 0.2) is 46.9 Å². The first-order valence-electron chi connectivity index (χ1n) is 4.72. The van der Waals surface area contributed by atoms with E-state index in [-0.39, 0.29) is 0 Å². The van der Waals surface area contributed by atoms with Crippen molar-refractivity contribution in [2.75, 3.05) is 0 Å². The lowest BCUT2D eigenvalue weighted by atomic mass is 10.1. The fraction of sp³-hybridized carbons (Fsp3) is 0.154. The van der Waals surface area contributed by atoms with Gasteiger partial charge in [-0.25, -0.2) is 4.42 Å². The van der Waals surface area contributed by atoms with Gasteiger partial charge in [0.15, 0.2) is 0 Å². The Labute approximate surface area is 84.0 Å². The zero-order valence-electron chi connectivity index (χ0n) is 8.45. The molecule has 0 fully saturated rings. The third kappa shape index (κ3) is 1.82. The molecule has 1 aromatic heterocycles. The topological polar surface area (TPSA) is 11.3 Å². The lowest BCUT2D eigenvalue weighted by Gasteiger charge is -1.92. The summed E-state index contributed by atoms with van der Waals surface area (Å²) < 4.78 is 5.64. The van der Waals surface area contributed by atoms with E-state index < -0.39 is 0 Å². The molecule has 0 aliphatic heterocycles. The molecule has 0 saturated carbocycles. The van der Waals surface area contributed by atoms with E-state index in [0.717, 1.165) is 17.1 Å². The van der Waals surface area contributed by atoms with Crippen LogP contribution in [-0.4, -0.2) is 0 Å². The van der Waals surface area contributed by atoms with Crippen molar-refractivity contribution < 1.29 is 4.42 Å². The van der Waals surface area contributed by atoms with Crippen molar-refractivity contribution >= 4 is 0 Å². The molecular weight excluding hydrogens is 172 g/mol. The van der Waals surface area contributed by atoms with Crippen molar-refractivity contribution in [2.45, 2.75) is 13.8 Å². The fourth-order valence-corrected chi connectivity index (χ4v) is 1.55. The minimum absolute atomic E-state index is 0.933. The van der Waals surface area contributed by atoms with Crippen LogP contribution in [0.3, 0.4) is 0 Å². The highest BCUT2D eigenvalue weighted by Crippen LogP contribution is 2.21. The quantitative estimate of drug-likeness (QED) is 0.614. The summed E-state index contributed by atoms with van der Waals surface area (Å²) in [7, 11) is 0. The van der Waals surface area contributed by atoms with Crippen LogP contribution in [-0.2, 0) is 0 Å². The van der Waals surface area contributed by atoms with E-state index >= 15 is 0 Å². The maximum Gasteiger partial charge on any atom is 0.360 e. The molecule has 0 atom stereocenters. The molecule has 0 amide bonds. The van der Waals surface area contributed by atoms with Gasteiger partial charge in [-0.15, -0.1) is 0 Å². The lowest BCUT2D eigenvalue weighted by molar-refractivity contribution is 0.530.